The van der Waals surface area contributed by atoms with Gasteiger partial charge >= 0.3 is 0 Å². The van der Waals surface area contributed by atoms with Crippen molar-refractivity contribution in [1.29, 1.82) is 0 Å². The van der Waals surface area contributed by atoms with Crippen molar-refractivity contribution in [2.24, 2.45) is 0 Å². The fourth-order valence-electron chi connectivity index (χ4n) is 2.11. The first-order valence-electron chi connectivity index (χ1n) is 7.00. The van der Waals surface area contributed by atoms with Gasteiger partial charge in [-0.15, -0.1) is 0 Å². The lowest BCUT2D eigenvalue weighted by Crippen LogP contribution is -2.33. The number of thioether (sulfide) groups is 1. The second kappa shape index (κ2) is 7.65. The minimum atomic E-state index is -0.225. The summed E-state index contributed by atoms with van der Waals surface area (Å²) in [6.45, 7) is 2.08. The highest BCUT2D eigenvalue weighted by molar-refractivity contribution is 8.24. The quantitative estimate of drug-likeness (QED) is 0.791. The third-order valence-corrected chi connectivity index (χ3v) is 4.84. The van der Waals surface area contributed by atoms with Crippen molar-refractivity contribution in [3.63, 3.8) is 0 Å². The summed E-state index contributed by atoms with van der Waals surface area (Å²) in [4.78, 5) is 25.5. The average Bonchev–Trinajstić information content (AvgIpc) is 2.78. The Kier molecular flexibility index (Phi) is 5.84. The lowest BCUT2D eigenvalue weighted by atomic mass is 10.2. The molecule has 23 heavy (non-hydrogen) atoms. The summed E-state index contributed by atoms with van der Waals surface area (Å²) in [5, 5.41) is 2.59. The highest BCUT2D eigenvalue weighted by atomic mass is 32.2. The van der Waals surface area contributed by atoms with Crippen LogP contribution in [0.3, 0.4) is 0 Å². The minimum absolute atomic E-state index is 0.0493. The van der Waals surface area contributed by atoms with Crippen LogP contribution in [-0.2, 0) is 9.59 Å². The number of methoxy groups -OCH3 is 2. The van der Waals surface area contributed by atoms with E-state index in [2.05, 4.69) is 5.32 Å². The van der Waals surface area contributed by atoms with Crippen LogP contribution in [0.15, 0.2) is 18.2 Å². The smallest absolute Gasteiger partial charge is 0.241 e. The molecule has 0 aromatic heterocycles. The van der Waals surface area contributed by atoms with Gasteiger partial charge in [-0.25, -0.2) is 0 Å². The van der Waals surface area contributed by atoms with Crippen LogP contribution in [0.2, 0.25) is 0 Å². The molecule has 6 nitrogen and oxygen atoms in total. The van der Waals surface area contributed by atoms with Gasteiger partial charge in [0, 0.05) is 19.0 Å². The summed E-state index contributed by atoms with van der Waals surface area (Å²) in [6, 6.07) is 5.14. The molecule has 1 aliphatic rings. The SMILES string of the molecule is COc1ccc(OC)c(NC(=O)CCN2C(=O)C(C)SC2=S)c1. The fraction of sp³-hybridized carbons (Fsp3) is 0.400. The molecule has 1 aromatic rings. The zero-order valence-corrected chi connectivity index (χ0v) is 14.8. The van der Waals surface area contributed by atoms with E-state index in [-0.39, 0.29) is 30.0 Å². The third kappa shape index (κ3) is 4.14. The lowest BCUT2D eigenvalue weighted by molar-refractivity contribution is -0.126. The molecule has 1 aliphatic heterocycles. The highest BCUT2D eigenvalue weighted by Crippen LogP contribution is 2.29. The van der Waals surface area contributed by atoms with E-state index in [4.69, 9.17) is 21.7 Å². The largest absolute Gasteiger partial charge is 0.497 e. The number of amides is 2. The third-order valence-electron chi connectivity index (χ3n) is 3.35. The van der Waals surface area contributed by atoms with Gasteiger partial charge in [-0.1, -0.05) is 24.0 Å². The summed E-state index contributed by atoms with van der Waals surface area (Å²) < 4.78 is 10.9. The van der Waals surface area contributed by atoms with Gasteiger partial charge in [0.25, 0.3) is 0 Å². The summed E-state index contributed by atoms with van der Waals surface area (Å²) in [6.07, 6.45) is 0.152. The Bertz CT molecular complexity index is 636. The lowest BCUT2D eigenvalue weighted by Gasteiger charge is -2.16. The number of anilines is 1. The van der Waals surface area contributed by atoms with Gasteiger partial charge in [0.1, 0.15) is 15.8 Å². The molecule has 0 aliphatic carbocycles. The second-order valence-corrected chi connectivity index (χ2v) is 6.85. The Balaban J connectivity index is 1.97. The zero-order chi connectivity index (χ0) is 17.0. The number of ether oxygens (including phenoxy) is 2. The van der Waals surface area contributed by atoms with Gasteiger partial charge < -0.3 is 14.8 Å². The number of carbonyl (C=O) groups excluding carboxylic acids is 2. The number of carbonyl (C=O) groups is 2. The number of nitrogens with zero attached hydrogens (tertiary/aromatic N) is 1. The Labute approximate surface area is 144 Å². The van der Waals surface area contributed by atoms with Crippen LogP contribution in [0.25, 0.3) is 0 Å². The molecular weight excluding hydrogens is 336 g/mol. The molecule has 0 bridgehead atoms. The molecule has 2 rings (SSSR count). The Morgan fingerprint density at radius 3 is 2.70 bits per heavy atom. The van der Waals surface area contributed by atoms with Gasteiger partial charge in [0.05, 0.1) is 25.2 Å². The van der Waals surface area contributed by atoms with Crippen molar-refractivity contribution in [3.05, 3.63) is 18.2 Å². The van der Waals surface area contributed by atoms with Crippen LogP contribution >= 0.6 is 24.0 Å². The van der Waals surface area contributed by atoms with Gasteiger partial charge in [0.2, 0.25) is 11.8 Å². The van der Waals surface area contributed by atoms with Crippen molar-refractivity contribution in [2.75, 3.05) is 26.1 Å². The maximum atomic E-state index is 12.1. The maximum Gasteiger partial charge on any atom is 0.241 e. The molecular formula is C15H18N2O4S2. The van der Waals surface area contributed by atoms with Crippen LogP contribution < -0.4 is 14.8 Å². The second-order valence-electron chi connectivity index (χ2n) is 4.88. The number of hydrogen-bond donors (Lipinski definition) is 1. The molecule has 0 spiro atoms. The highest BCUT2D eigenvalue weighted by Gasteiger charge is 2.33. The monoisotopic (exact) mass is 354 g/mol. The number of benzene rings is 1. The molecule has 124 valence electrons. The molecule has 8 heteroatoms. The molecule has 0 saturated carbocycles. The summed E-state index contributed by atoms with van der Waals surface area (Å²) in [5.74, 6) is 0.877. The van der Waals surface area contributed by atoms with Crippen LogP contribution in [0.5, 0.6) is 11.5 Å². The Morgan fingerprint density at radius 2 is 2.13 bits per heavy atom. The minimum Gasteiger partial charge on any atom is -0.497 e. The Morgan fingerprint density at radius 1 is 1.39 bits per heavy atom. The van der Waals surface area contributed by atoms with E-state index in [1.165, 1.54) is 23.8 Å². The van der Waals surface area contributed by atoms with Crippen molar-refractivity contribution in [1.82, 2.24) is 4.90 Å². The molecule has 2 amide bonds. The van der Waals surface area contributed by atoms with E-state index in [1.54, 1.807) is 32.2 Å². The number of rotatable bonds is 6. The van der Waals surface area contributed by atoms with E-state index in [0.717, 1.165) is 0 Å². The summed E-state index contributed by atoms with van der Waals surface area (Å²) >= 11 is 6.49. The fourth-order valence-corrected chi connectivity index (χ4v) is 3.57. The normalized spacial score (nSPS) is 17.3. The number of hydrogen-bond acceptors (Lipinski definition) is 6. The molecule has 1 unspecified atom stereocenters. The van der Waals surface area contributed by atoms with E-state index in [9.17, 15) is 9.59 Å². The van der Waals surface area contributed by atoms with Crippen molar-refractivity contribution in [2.45, 2.75) is 18.6 Å². The molecule has 0 radical (unpaired) electrons. The topological polar surface area (TPSA) is 67.9 Å². The van der Waals surface area contributed by atoms with Crippen LogP contribution in [0.4, 0.5) is 5.69 Å². The first-order chi connectivity index (χ1) is 11.0. The van der Waals surface area contributed by atoms with Crippen molar-refractivity contribution in [3.8, 4) is 11.5 Å². The predicted molar refractivity (Wildman–Crippen MR) is 94.2 cm³/mol. The zero-order valence-electron chi connectivity index (χ0n) is 13.1. The van der Waals surface area contributed by atoms with Crippen LogP contribution in [-0.4, -0.2) is 47.0 Å². The van der Waals surface area contributed by atoms with Crippen molar-refractivity contribution < 1.29 is 19.1 Å². The molecule has 1 fully saturated rings. The molecule has 1 aromatic carbocycles. The Hall–Kier alpha value is -1.80. The first kappa shape index (κ1) is 17.6. The standard InChI is InChI=1S/C15H18N2O4S2/c1-9-14(19)17(15(22)23-9)7-6-13(18)16-11-8-10(20-2)4-5-12(11)21-3/h4-5,8-9H,6-7H2,1-3H3,(H,16,18). The van der Waals surface area contributed by atoms with E-state index in [0.29, 0.717) is 21.5 Å². The van der Waals surface area contributed by atoms with Gasteiger partial charge in [-0.05, 0) is 19.1 Å². The maximum absolute atomic E-state index is 12.1. The van der Waals surface area contributed by atoms with Gasteiger partial charge in [0.15, 0.2) is 0 Å². The first-order valence-corrected chi connectivity index (χ1v) is 8.29. The van der Waals surface area contributed by atoms with Crippen LogP contribution in [0, 0.1) is 0 Å². The van der Waals surface area contributed by atoms with E-state index < -0.39 is 0 Å². The van der Waals surface area contributed by atoms with Gasteiger partial charge in [-0.2, -0.15) is 0 Å². The van der Waals surface area contributed by atoms with Crippen LogP contribution in [0.1, 0.15) is 13.3 Å². The predicted octanol–water partition coefficient (Wildman–Crippen LogP) is 2.28. The molecule has 1 saturated heterocycles. The van der Waals surface area contributed by atoms with Crippen molar-refractivity contribution >= 4 is 45.8 Å². The number of nitrogens with one attached hydrogen (secondary N) is 1. The molecule has 1 atom stereocenters. The van der Waals surface area contributed by atoms with E-state index in [1.807, 2.05) is 0 Å². The summed E-state index contributed by atoms with van der Waals surface area (Å²) in [5.41, 5.74) is 0.523. The average molecular weight is 354 g/mol. The summed E-state index contributed by atoms with van der Waals surface area (Å²) in [7, 11) is 3.07. The molecule has 1 N–H and O–H groups in total. The van der Waals surface area contributed by atoms with Gasteiger partial charge in [-0.3, -0.25) is 14.5 Å². The molecule has 1 heterocycles. The van der Waals surface area contributed by atoms with E-state index >= 15 is 0 Å². The number of thiocarbonyl (C=S) groups is 1.